The van der Waals surface area contributed by atoms with E-state index in [9.17, 15) is 10.2 Å². The second kappa shape index (κ2) is 48.5. The fraction of sp³-hybridized carbons (Fsp3) is 1.00. The molecule has 0 aromatic heterocycles. The monoisotopic (exact) mass is 874 g/mol. The minimum Gasteiger partial charge on any atom is -1.00 e. The molecule has 4 atom stereocenters. The van der Waals surface area contributed by atoms with Gasteiger partial charge in [0.1, 0.15) is 0 Å². The first-order chi connectivity index (χ1) is 28.8. The Kier molecular flexibility index (Phi) is 50.3. The molecule has 0 fully saturated rings. The molecular weight excluding hydrogens is 762 g/mol. The van der Waals surface area contributed by atoms with Gasteiger partial charge in [-0.25, -0.2) is 0 Å². The summed E-state index contributed by atoms with van der Waals surface area (Å²) < 4.78 is 13.1. The standard InChI is InChI=1S/C54H112NO4.ClH/c1-7-11-15-17-19-21-23-25-27-29-31-33-41-53(56)51(43-49-58-47-35-13-9-3)39-37-45-55(5,6)46-38-40-52(44-50-59-48-36-14-10-4)54(57)42-34-32-30-28-26-24-22-20-18-16-12-8-2;/h51-54,56-57H,7-50H2,1-6H3;1H/q+1;/p-1. The quantitative estimate of drug-likeness (QED) is 0.0472. The number of unbranched alkanes of at least 4 members (excludes halogenated alkanes) is 26. The molecule has 0 spiro atoms. The van der Waals surface area contributed by atoms with Crippen LogP contribution >= 0.6 is 0 Å². The normalized spacial score (nSPS) is 14.0. The summed E-state index contributed by atoms with van der Waals surface area (Å²) in [6.07, 6.45) is 47.8. The van der Waals surface area contributed by atoms with E-state index in [4.69, 9.17) is 9.47 Å². The highest BCUT2D eigenvalue weighted by Gasteiger charge is 2.24. The molecule has 0 radical (unpaired) electrons. The molecule has 2 N–H and O–H groups in total. The van der Waals surface area contributed by atoms with Crippen molar-refractivity contribution >= 4 is 0 Å². The zero-order valence-corrected chi connectivity index (χ0v) is 42.7. The van der Waals surface area contributed by atoms with Gasteiger partial charge in [0.2, 0.25) is 0 Å². The number of ether oxygens (including phenoxy) is 2. The molecule has 0 aliphatic carbocycles. The molecule has 0 saturated carbocycles. The SMILES string of the molecule is CCCCCCCCCCCCCCC(O)C(CCC[N+](C)(C)CCCC(CCOCCCCC)C(O)CCCCCCCCCCCCCC)CCOCCCCC.[Cl-]. The molecule has 0 aliphatic heterocycles. The maximum absolute atomic E-state index is 11.4. The topological polar surface area (TPSA) is 58.9 Å². The molecule has 6 heteroatoms. The summed E-state index contributed by atoms with van der Waals surface area (Å²) in [7, 11) is 4.78. The molecule has 0 bridgehead atoms. The molecule has 60 heavy (non-hydrogen) atoms. The number of rotatable bonds is 50. The van der Waals surface area contributed by atoms with Crippen molar-refractivity contribution in [1.29, 1.82) is 0 Å². The highest BCUT2D eigenvalue weighted by atomic mass is 35.5. The Morgan fingerprint density at radius 2 is 0.583 bits per heavy atom. The first kappa shape index (κ1) is 62.2. The number of nitrogens with zero attached hydrogens (tertiary/aromatic N) is 1. The maximum Gasteiger partial charge on any atom is 0.0782 e. The van der Waals surface area contributed by atoms with Crippen molar-refractivity contribution < 1.29 is 36.6 Å². The molecule has 364 valence electrons. The van der Waals surface area contributed by atoms with Crippen molar-refractivity contribution in [2.75, 3.05) is 53.6 Å². The zero-order valence-electron chi connectivity index (χ0n) is 42.0. The third-order valence-corrected chi connectivity index (χ3v) is 13.5. The first-order valence-electron chi connectivity index (χ1n) is 27.1. The van der Waals surface area contributed by atoms with Crippen LogP contribution in [0.3, 0.4) is 0 Å². The number of halogens is 1. The lowest BCUT2D eigenvalue weighted by molar-refractivity contribution is -0.890. The molecule has 0 saturated heterocycles. The van der Waals surface area contributed by atoms with E-state index in [-0.39, 0.29) is 24.6 Å². The van der Waals surface area contributed by atoms with Crippen LogP contribution in [0.2, 0.25) is 0 Å². The summed E-state index contributed by atoms with van der Waals surface area (Å²) in [5, 5.41) is 22.8. The second-order valence-corrected chi connectivity index (χ2v) is 19.9. The zero-order chi connectivity index (χ0) is 43.3. The van der Waals surface area contributed by atoms with E-state index in [2.05, 4.69) is 41.8 Å². The van der Waals surface area contributed by atoms with Crippen LogP contribution in [0, 0.1) is 11.8 Å². The van der Waals surface area contributed by atoms with Crippen LogP contribution in [0.1, 0.15) is 272 Å². The minimum absolute atomic E-state index is 0. The molecule has 0 aliphatic rings. The van der Waals surface area contributed by atoms with Crippen LogP contribution in [0.25, 0.3) is 0 Å². The van der Waals surface area contributed by atoms with E-state index in [0.717, 1.165) is 121 Å². The maximum atomic E-state index is 11.4. The fourth-order valence-electron chi connectivity index (χ4n) is 9.18. The third kappa shape index (κ3) is 43.3. The summed E-state index contributed by atoms with van der Waals surface area (Å²) >= 11 is 0. The van der Waals surface area contributed by atoms with E-state index in [1.165, 1.54) is 167 Å². The van der Waals surface area contributed by atoms with Crippen molar-refractivity contribution in [2.24, 2.45) is 11.8 Å². The first-order valence-corrected chi connectivity index (χ1v) is 27.1. The number of quaternary nitrogens is 1. The Morgan fingerprint density at radius 1 is 0.317 bits per heavy atom. The van der Waals surface area contributed by atoms with Crippen molar-refractivity contribution in [3.05, 3.63) is 0 Å². The van der Waals surface area contributed by atoms with Gasteiger partial charge < -0.3 is 36.6 Å². The lowest BCUT2D eigenvalue weighted by Crippen LogP contribution is -3.00. The van der Waals surface area contributed by atoms with Gasteiger partial charge in [-0.1, -0.05) is 207 Å². The summed E-state index contributed by atoms with van der Waals surface area (Å²) in [6, 6.07) is 0. The average Bonchev–Trinajstić information content (AvgIpc) is 3.22. The smallest absolute Gasteiger partial charge is 0.0782 e. The van der Waals surface area contributed by atoms with Crippen LogP contribution < -0.4 is 12.4 Å². The Labute approximate surface area is 384 Å². The number of hydrogen-bond acceptors (Lipinski definition) is 4. The van der Waals surface area contributed by atoms with Crippen LogP contribution in [0.5, 0.6) is 0 Å². The van der Waals surface area contributed by atoms with Gasteiger partial charge in [-0.3, -0.25) is 0 Å². The minimum atomic E-state index is -0.204. The molecule has 0 rings (SSSR count). The Hall–Kier alpha value is 0.0900. The van der Waals surface area contributed by atoms with Crippen LogP contribution in [-0.4, -0.2) is 80.5 Å². The van der Waals surface area contributed by atoms with Gasteiger partial charge in [-0.15, -0.1) is 0 Å². The highest BCUT2D eigenvalue weighted by Crippen LogP contribution is 2.25. The van der Waals surface area contributed by atoms with Gasteiger partial charge in [0.25, 0.3) is 0 Å². The average molecular weight is 875 g/mol. The van der Waals surface area contributed by atoms with Gasteiger partial charge >= 0.3 is 0 Å². The van der Waals surface area contributed by atoms with E-state index in [0.29, 0.717) is 11.8 Å². The molecule has 4 unspecified atom stereocenters. The number of aliphatic hydroxyl groups is 2. The third-order valence-electron chi connectivity index (χ3n) is 13.5. The lowest BCUT2D eigenvalue weighted by atomic mass is 9.89. The molecule has 0 aromatic carbocycles. The van der Waals surface area contributed by atoms with Crippen LogP contribution in [-0.2, 0) is 9.47 Å². The summed E-state index contributed by atoms with van der Waals surface area (Å²) in [4.78, 5) is 0. The van der Waals surface area contributed by atoms with E-state index in [1.807, 2.05) is 0 Å². The predicted octanol–water partition coefficient (Wildman–Crippen LogP) is 13.0. The summed E-state index contributed by atoms with van der Waals surface area (Å²) in [5.74, 6) is 0.678. The number of aliphatic hydroxyl groups excluding tert-OH is 2. The van der Waals surface area contributed by atoms with Crippen molar-refractivity contribution in [1.82, 2.24) is 0 Å². The predicted molar refractivity (Wildman–Crippen MR) is 261 cm³/mol. The van der Waals surface area contributed by atoms with E-state index in [1.54, 1.807) is 0 Å². The van der Waals surface area contributed by atoms with E-state index >= 15 is 0 Å². The van der Waals surface area contributed by atoms with Gasteiger partial charge in [0, 0.05) is 26.4 Å². The van der Waals surface area contributed by atoms with Gasteiger partial charge in [0.05, 0.1) is 39.4 Å². The van der Waals surface area contributed by atoms with Crippen LogP contribution in [0.4, 0.5) is 0 Å². The molecule has 5 nitrogen and oxygen atoms in total. The fourth-order valence-corrected chi connectivity index (χ4v) is 9.18. The molecular formula is C54H112ClNO4. The van der Waals surface area contributed by atoms with Gasteiger partial charge in [-0.05, 0) is 76.0 Å². The van der Waals surface area contributed by atoms with Crippen molar-refractivity contribution in [3.8, 4) is 0 Å². The largest absolute Gasteiger partial charge is 1.00 e. The Bertz CT molecular complexity index is 738. The molecule has 0 aromatic rings. The second-order valence-electron chi connectivity index (χ2n) is 19.9. The van der Waals surface area contributed by atoms with Crippen molar-refractivity contribution in [3.63, 3.8) is 0 Å². The van der Waals surface area contributed by atoms with Gasteiger partial charge in [0.15, 0.2) is 0 Å². The Balaban J connectivity index is 0. The highest BCUT2D eigenvalue weighted by molar-refractivity contribution is 4.72. The molecule has 0 amide bonds. The van der Waals surface area contributed by atoms with E-state index < -0.39 is 0 Å². The van der Waals surface area contributed by atoms with Crippen molar-refractivity contribution in [2.45, 2.75) is 284 Å². The summed E-state index contributed by atoms with van der Waals surface area (Å²) in [5.41, 5.74) is 0. The summed E-state index contributed by atoms with van der Waals surface area (Å²) in [6.45, 7) is 14.7. The lowest BCUT2D eigenvalue weighted by Gasteiger charge is -2.32. The Morgan fingerprint density at radius 3 is 0.883 bits per heavy atom. The number of hydrogen-bond donors (Lipinski definition) is 2. The molecule has 0 heterocycles. The van der Waals surface area contributed by atoms with Gasteiger partial charge in [-0.2, -0.15) is 0 Å². The van der Waals surface area contributed by atoms with Crippen LogP contribution in [0.15, 0.2) is 0 Å².